The van der Waals surface area contributed by atoms with Crippen LogP contribution >= 0.6 is 0 Å². The Bertz CT molecular complexity index is 460. The highest BCUT2D eigenvalue weighted by atomic mass is 16.5. The smallest absolute Gasteiger partial charge is 0.161 e. The summed E-state index contributed by atoms with van der Waals surface area (Å²) >= 11 is 0. The van der Waals surface area contributed by atoms with Crippen LogP contribution in [0.25, 0.3) is 0 Å². The van der Waals surface area contributed by atoms with Gasteiger partial charge in [0.25, 0.3) is 0 Å². The Morgan fingerprint density at radius 2 is 1.81 bits per heavy atom. The molecule has 2 rings (SSSR count). The van der Waals surface area contributed by atoms with E-state index in [0.29, 0.717) is 6.04 Å². The molecule has 0 radical (unpaired) electrons. The van der Waals surface area contributed by atoms with Crippen molar-refractivity contribution in [1.29, 1.82) is 0 Å². The van der Waals surface area contributed by atoms with Crippen molar-refractivity contribution in [3.05, 3.63) is 23.3 Å². The van der Waals surface area contributed by atoms with Crippen molar-refractivity contribution in [2.75, 3.05) is 27.3 Å². The van der Waals surface area contributed by atoms with E-state index in [1.54, 1.807) is 14.2 Å². The minimum absolute atomic E-state index is 0.323. The summed E-state index contributed by atoms with van der Waals surface area (Å²) in [6, 6.07) is 4.58. The number of hydrogen-bond acceptors (Lipinski definition) is 4. The third-order valence-electron chi connectivity index (χ3n) is 4.18. The maximum absolute atomic E-state index is 5.79. The number of unbranched alkanes of at least 4 members (excludes halogenated alkanes) is 1. The highest BCUT2D eigenvalue weighted by Gasteiger charge is 2.19. The second-order valence-electron chi connectivity index (χ2n) is 5.98. The van der Waals surface area contributed by atoms with E-state index in [-0.39, 0.29) is 0 Å². The molecule has 0 fully saturated rings. The predicted octanol–water partition coefficient (Wildman–Crippen LogP) is 2.58. The largest absolute Gasteiger partial charge is 0.493 e. The molecule has 0 amide bonds. The molecule has 118 valence electrons. The van der Waals surface area contributed by atoms with Gasteiger partial charge >= 0.3 is 0 Å². The van der Waals surface area contributed by atoms with Crippen molar-refractivity contribution < 1.29 is 9.47 Å². The molecule has 0 aromatic heterocycles. The molecule has 1 atom stereocenters. The van der Waals surface area contributed by atoms with Gasteiger partial charge in [-0.2, -0.15) is 0 Å². The third-order valence-corrected chi connectivity index (χ3v) is 4.18. The zero-order chi connectivity index (χ0) is 15.2. The van der Waals surface area contributed by atoms with Gasteiger partial charge in [0.2, 0.25) is 0 Å². The minimum atomic E-state index is 0.323. The number of benzene rings is 1. The predicted molar refractivity (Wildman–Crippen MR) is 86.0 cm³/mol. The molecule has 1 unspecified atom stereocenters. The van der Waals surface area contributed by atoms with Crippen LogP contribution in [0.5, 0.6) is 11.5 Å². The third kappa shape index (κ3) is 4.35. The van der Waals surface area contributed by atoms with Crippen LogP contribution in [0.1, 0.15) is 37.3 Å². The maximum Gasteiger partial charge on any atom is 0.161 e. The molecule has 2 N–H and O–H groups in total. The zero-order valence-corrected chi connectivity index (χ0v) is 13.5. The summed E-state index contributed by atoms with van der Waals surface area (Å²) in [5.41, 5.74) is 8.55. The molecule has 21 heavy (non-hydrogen) atoms. The van der Waals surface area contributed by atoms with Crippen LogP contribution in [0.2, 0.25) is 0 Å². The Hall–Kier alpha value is -1.26. The van der Waals surface area contributed by atoms with Gasteiger partial charge in [-0.25, -0.2) is 0 Å². The van der Waals surface area contributed by atoms with Crippen LogP contribution in [-0.2, 0) is 13.0 Å². The number of fused-ring (bicyclic) bond motifs is 1. The Kier molecular flexibility index (Phi) is 5.88. The Labute approximate surface area is 128 Å². The number of nitrogens with zero attached hydrogens (tertiary/aromatic N) is 1. The lowest BCUT2D eigenvalue weighted by Gasteiger charge is -2.29. The number of ether oxygens (including phenoxy) is 2. The fourth-order valence-corrected chi connectivity index (χ4v) is 2.93. The molecule has 1 aliphatic heterocycles. The molecule has 1 aromatic rings. The first kappa shape index (κ1) is 16.1. The average molecular weight is 292 g/mol. The van der Waals surface area contributed by atoms with Gasteiger partial charge in [0, 0.05) is 19.1 Å². The monoisotopic (exact) mass is 292 g/mol. The second-order valence-corrected chi connectivity index (χ2v) is 5.98. The van der Waals surface area contributed by atoms with Crippen molar-refractivity contribution in [3.63, 3.8) is 0 Å². The van der Waals surface area contributed by atoms with Gasteiger partial charge < -0.3 is 15.2 Å². The van der Waals surface area contributed by atoms with Gasteiger partial charge in [-0.15, -0.1) is 0 Å². The van der Waals surface area contributed by atoms with Gasteiger partial charge in [-0.1, -0.05) is 6.42 Å². The van der Waals surface area contributed by atoms with Gasteiger partial charge in [0.05, 0.1) is 14.2 Å². The summed E-state index contributed by atoms with van der Waals surface area (Å²) in [6.45, 7) is 5.37. The molecule has 0 aliphatic carbocycles. The Morgan fingerprint density at radius 3 is 2.43 bits per heavy atom. The summed E-state index contributed by atoms with van der Waals surface area (Å²) in [7, 11) is 3.39. The molecule has 1 aliphatic rings. The van der Waals surface area contributed by atoms with E-state index in [2.05, 4.69) is 24.0 Å². The first-order valence-corrected chi connectivity index (χ1v) is 7.85. The number of methoxy groups -OCH3 is 2. The van der Waals surface area contributed by atoms with Crippen molar-refractivity contribution in [3.8, 4) is 11.5 Å². The first-order chi connectivity index (χ1) is 10.1. The van der Waals surface area contributed by atoms with Crippen LogP contribution in [-0.4, -0.2) is 38.3 Å². The second kappa shape index (κ2) is 7.66. The molecule has 0 bridgehead atoms. The number of nitrogens with two attached hydrogens (primary N) is 1. The molecule has 0 saturated carbocycles. The molecule has 0 spiro atoms. The van der Waals surface area contributed by atoms with Crippen LogP contribution in [0, 0.1) is 0 Å². The van der Waals surface area contributed by atoms with E-state index in [9.17, 15) is 0 Å². The summed E-state index contributed by atoms with van der Waals surface area (Å²) in [5, 5.41) is 0. The lowest BCUT2D eigenvalue weighted by Crippen LogP contribution is -2.31. The van der Waals surface area contributed by atoms with E-state index in [0.717, 1.165) is 44.0 Å². The van der Waals surface area contributed by atoms with Crippen molar-refractivity contribution in [1.82, 2.24) is 4.90 Å². The van der Waals surface area contributed by atoms with Gasteiger partial charge in [0.1, 0.15) is 0 Å². The summed E-state index contributed by atoms with van der Waals surface area (Å²) in [5.74, 6) is 1.66. The molecular weight excluding hydrogens is 264 g/mol. The van der Waals surface area contributed by atoms with Gasteiger partial charge in [0.15, 0.2) is 11.5 Å². The summed E-state index contributed by atoms with van der Waals surface area (Å²) in [4.78, 5) is 2.52. The summed E-state index contributed by atoms with van der Waals surface area (Å²) < 4.78 is 10.8. The highest BCUT2D eigenvalue weighted by Crippen LogP contribution is 2.33. The van der Waals surface area contributed by atoms with Gasteiger partial charge in [-0.3, -0.25) is 4.90 Å². The fraction of sp³-hybridized carbons (Fsp3) is 0.647. The topological polar surface area (TPSA) is 47.7 Å². The Balaban J connectivity index is 1.93. The SMILES string of the molecule is COc1cc2c(cc1OC)CN(CCCCC(C)N)CC2. The normalized spacial score (nSPS) is 16.4. The van der Waals surface area contributed by atoms with Crippen LogP contribution in [0.3, 0.4) is 0 Å². The first-order valence-electron chi connectivity index (χ1n) is 7.85. The van der Waals surface area contributed by atoms with Crippen LogP contribution in [0.15, 0.2) is 12.1 Å². The van der Waals surface area contributed by atoms with E-state index < -0.39 is 0 Å². The fourth-order valence-electron chi connectivity index (χ4n) is 2.93. The Morgan fingerprint density at radius 1 is 1.14 bits per heavy atom. The average Bonchev–Trinajstić information content (AvgIpc) is 2.49. The molecule has 4 heteroatoms. The molecule has 1 heterocycles. The van der Waals surface area contributed by atoms with E-state index >= 15 is 0 Å². The van der Waals surface area contributed by atoms with E-state index in [1.807, 2.05) is 0 Å². The highest BCUT2D eigenvalue weighted by molar-refractivity contribution is 5.48. The summed E-state index contributed by atoms with van der Waals surface area (Å²) in [6.07, 6.45) is 4.65. The standard InChI is InChI=1S/C17H28N2O2/c1-13(18)6-4-5-8-19-9-7-14-10-16(20-2)17(21-3)11-15(14)12-19/h10-11,13H,4-9,12,18H2,1-3H3. The van der Waals surface area contributed by atoms with Gasteiger partial charge in [-0.05, 0) is 56.0 Å². The van der Waals surface area contributed by atoms with E-state index in [1.165, 1.54) is 24.0 Å². The number of hydrogen-bond donors (Lipinski definition) is 1. The zero-order valence-electron chi connectivity index (χ0n) is 13.5. The van der Waals surface area contributed by atoms with Crippen molar-refractivity contribution in [2.45, 2.75) is 45.2 Å². The minimum Gasteiger partial charge on any atom is -0.493 e. The molecular formula is C17H28N2O2. The quantitative estimate of drug-likeness (QED) is 0.785. The van der Waals surface area contributed by atoms with Crippen molar-refractivity contribution in [2.24, 2.45) is 5.73 Å². The molecule has 4 nitrogen and oxygen atoms in total. The maximum atomic E-state index is 5.79. The lowest BCUT2D eigenvalue weighted by atomic mass is 9.98. The molecule has 1 aromatic carbocycles. The lowest BCUT2D eigenvalue weighted by molar-refractivity contribution is 0.246. The number of rotatable bonds is 7. The van der Waals surface area contributed by atoms with Crippen LogP contribution < -0.4 is 15.2 Å². The molecule has 0 saturated heterocycles. The van der Waals surface area contributed by atoms with Crippen molar-refractivity contribution >= 4 is 0 Å². The van der Waals surface area contributed by atoms with E-state index in [4.69, 9.17) is 15.2 Å². The van der Waals surface area contributed by atoms with Crippen LogP contribution in [0.4, 0.5) is 0 Å².